The molecule has 112 valence electrons. The Morgan fingerprint density at radius 1 is 1.30 bits per heavy atom. The fourth-order valence-electron chi connectivity index (χ4n) is 3.67. The Balaban J connectivity index is 1.64. The zero-order chi connectivity index (χ0) is 13.9. The lowest BCUT2D eigenvalue weighted by atomic mass is 10.2. The average Bonchev–Trinajstić information content (AvgIpc) is 2.93. The van der Waals surface area contributed by atoms with Gasteiger partial charge < -0.3 is 9.73 Å². The molecular weight excluding hydrogens is 250 g/mol. The number of nitrogens with one attached hydrogen (secondary N) is 1. The maximum atomic E-state index is 5.81. The van der Waals surface area contributed by atoms with Gasteiger partial charge in [-0.25, -0.2) is 0 Å². The van der Waals surface area contributed by atoms with Gasteiger partial charge in [-0.05, 0) is 58.9 Å². The van der Waals surface area contributed by atoms with Gasteiger partial charge in [0.2, 0.25) is 0 Å². The number of hydrogen-bond acceptors (Lipinski definition) is 4. The summed E-state index contributed by atoms with van der Waals surface area (Å²) in [7, 11) is 1.96. The van der Waals surface area contributed by atoms with Crippen LogP contribution < -0.4 is 5.32 Å². The first-order valence-corrected chi connectivity index (χ1v) is 7.95. The highest BCUT2D eigenvalue weighted by atomic mass is 16.3. The summed E-state index contributed by atoms with van der Waals surface area (Å²) >= 11 is 0. The molecule has 4 nitrogen and oxygen atoms in total. The third-order valence-corrected chi connectivity index (χ3v) is 4.70. The molecule has 1 aromatic heterocycles. The Kier molecular flexibility index (Phi) is 4.44. The number of hydrogen-bond donors (Lipinski definition) is 1. The van der Waals surface area contributed by atoms with E-state index in [1.54, 1.807) is 0 Å². The molecule has 3 rings (SSSR count). The topological polar surface area (TPSA) is 31.6 Å². The van der Waals surface area contributed by atoms with Crippen LogP contribution in [0.4, 0.5) is 0 Å². The van der Waals surface area contributed by atoms with Gasteiger partial charge in [0.25, 0.3) is 0 Å². The minimum Gasteiger partial charge on any atom is -0.465 e. The third kappa shape index (κ3) is 3.08. The number of aryl methyl sites for hydroxylation is 1. The summed E-state index contributed by atoms with van der Waals surface area (Å²) in [5.74, 6) is 2.14. The van der Waals surface area contributed by atoms with Crippen molar-refractivity contribution >= 4 is 0 Å². The van der Waals surface area contributed by atoms with Crippen molar-refractivity contribution in [3.63, 3.8) is 0 Å². The molecule has 0 aliphatic carbocycles. The normalized spacial score (nSPS) is 24.8. The van der Waals surface area contributed by atoms with E-state index < -0.39 is 0 Å². The van der Waals surface area contributed by atoms with Gasteiger partial charge in [0, 0.05) is 24.7 Å². The molecule has 0 amide bonds. The molecule has 0 bridgehead atoms. The molecule has 1 aromatic rings. The van der Waals surface area contributed by atoms with Crippen molar-refractivity contribution in [2.45, 2.75) is 45.3 Å². The number of fused-ring (bicyclic) bond motifs is 1. The monoisotopic (exact) mass is 277 g/mol. The zero-order valence-electron chi connectivity index (χ0n) is 12.8. The summed E-state index contributed by atoms with van der Waals surface area (Å²) in [6.07, 6.45) is 4.07. The molecule has 0 saturated carbocycles. The lowest BCUT2D eigenvalue weighted by Gasteiger charge is -2.25. The van der Waals surface area contributed by atoms with Crippen LogP contribution in [0.3, 0.4) is 0 Å². The SMILES string of the molecule is CNCc1cc(CN2CCCN3CCCC3C2)c(C)o1. The van der Waals surface area contributed by atoms with Gasteiger partial charge >= 0.3 is 0 Å². The van der Waals surface area contributed by atoms with Gasteiger partial charge in [-0.2, -0.15) is 0 Å². The number of furan rings is 1. The molecular formula is C16H27N3O. The highest BCUT2D eigenvalue weighted by molar-refractivity contribution is 5.20. The maximum Gasteiger partial charge on any atom is 0.118 e. The minimum absolute atomic E-state index is 0.793. The van der Waals surface area contributed by atoms with E-state index >= 15 is 0 Å². The third-order valence-electron chi connectivity index (χ3n) is 4.70. The first-order valence-electron chi connectivity index (χ1n) is 7.95. The molecule has 2 aliphatic rings. The Labute approximate surface area is 122 Å². The molecule has 20 heavy (non-hydrogen) atoms. The summed E-state index contributed by atoms with van der Waals surface area (Å²) < 4.78 is 5.81. The standard InChI is InChI=1S/C16H27N3O/c1-13-14(9-16(20-13)10-17-2)11-18-6-4-8-19-7-3-5-15(19)12-18/h9,15,17H,3-8,10-12H2,1-2H3. The highest BCUT2D eigenvalue weighted by Gasteiger charge is 2.28. The maximum absolute atomic E-state index is 5.81. The van der Waals surface area contributed by atoms with Crippen LogP contribution in [0.1, 0.15) is 36.3 Å². The van der Waals surface area contributed by atoms with Crippen molar-refractivity contribution in [1.82, 2.24) is 15.1 Å². The Morgan fingerprint density at radius 2 is 2.15 bits per heavy atom. The van der Waals surface area contributed by atoms with E-state index in [1.165, 1.54) is 51.0 Å². The lowest BCUT2D eigenvalue weighted by Crippen LogP contribution is -2.36. The van der Waals surface area contributed by atoms with Gasteiger partial charge in [-0.3, -0.25) is 9.80 Å². The Bertz CT molecular complexity index is 443. The van der Waals surface area contributed by atoms with Gasteiger partial charge in [0.05, 0.1) is 6.54 Å². The van der Waals surface area contributed by atoms with Crippen molar-refractivity contribution in [2.24, 2.45) is 0 Å². The molecule has 4 heteroatoms. The van der Waals surface area contributed by atoms with E-state index in [9.17, 15) is 0 Å². The van der Waals surface area contributed by atoms with Gasteiger partial charge in [-0.1, -0.05) is 0 Å². The van der Waals surface area contributed by atoms with Crippen LogP contribution in [0.2, 0.25) is 0 Å². The van der Waals surface area contributed by atoms with E-state index in [2.05, 4.69) is 28.1 Å². The molecule has 1 unspecified atom stereocenters. The second-order valence-electron chi connectivity index (χ2n) is 6.25. The predicted molar refractivity (Wildman–Crippen MR) is 80.7 cm³/mol. The first-order chi connectivity index (χ1) is 9.76. The van der Waals surface area contributed by atoms with Crippen molar-refractivity contribution in [3.05, 3.63) is 23.2 Å². The van der Waals surface area contributed by atoms with Crippen LogP contribution in [-0.4, -0.2) is 49.1 Å². The molecule has 2 saturated heterocycles. The fourth-order valence-corrected chi connectivity index (χ4v) is 3.67. The predicted octanol–water partition coefficient (Wildman–Crippen LogP) is 1.98. The summed E-state index contributed by atoms with van der Waals surface area (Å²) in [4.78, 5) is 5.31. The largest absolute Gasteiger partial charge is 0.465 e. The second kappa shape index (κ2) is 6.29. The van der Waals surface area contributed by atoms with Crippen LogP contribution in [0, 0.1) is 6.92 Å². The Morgan fingerprint density at radius 3 is 3.00 bits per heavy atom. The molecule has 0 spiro atoms. The molecule has 0 aromatic carbocycles. The van der Waals surface area contributed by atoms with Crippen LogP contribution in [0.5, 0.6) is 0 Å². The summed E-state index contributed by atoms with van der Waals surface area (Å²) in [6, 6.07) is 3.02. The average molecular weight is 277 g/mol. The van der Waals surface area contributed by atoms with E-state index in [0.29, 0.717) is 0 Å². The van der Waals surface area contributed by atoms with Gasteiger partial charge in [-0.15, -0.1) is 0 Å². The van der Waals surface area contributed by atoms with Crippen LogP contribution in [0.25, 0.3) is 0 Å². The second-order valence-corrected chi connectivity index (χ2v) is 6.25. The minimum atomic E-state index is 0.793. The van der Waals surface area contributed by atoms with Crippen LogP contribution in [-0.2, 0) is 13.1 Å². The summed E-state index contributed by atoms with van der Waals surface area (Å²) in [5, 5.41) is 3.15. The summed E-state index contributed by atoms with van der Waals surface area (Å²) in [6.45, 7) is 9.01. The number of nitrogens with zero attached hydrogens (tertiary/aromatic N) is 2. The summed E-state index contributed by atoms with van der Waals surface area (Å²) in [5.41, 5.74) is 1.36. The van der Waals surface area contributed by atoms with E-state index in [-0.39, 0.29) is 0 Å². The van der Waals surface area contributed by atoms with Crippen LogP contribution >= 0.6 is 0 Å². The fraction of sp³-hybridized carbons (Fsp3) is 0.750. The lowest BCUT2D eigenvalue weighted by molar-refractivity contribution is 0.215. The van der Waals surface area contributed by atoms with Gasteiger partial charge in [0.15, 0.2) is 0 Å². The zero-order valence-corrected chi connectivity index (χ0v) is 12.8. The molecule has 0 radical (unpaired) electrons. The Hall–Kier alpha value is -0.840. The van der Waals surface area contributed by atoms with E-state index in [1.807, 2.05) is 7.05 Å². The van der Waals surface area contributed by atoms with E-state index in [0.717, 1.165) is 30.7 Å². The smallest absolute Gasteiger partial charge is 0.118 e. The van der Waals surface area contributed by atoms with Crippen molar-refractivity contribution in [1.29, 1.82) is 0 Å². The quantitative estimate of drug-likeness (QED) is 0.912. The van der Waals surface area contributed by atoms with Crippen molar-refractivity contribution < 1.29 is 4.42 Å². The van der Waals surface area contributed by atoms with Gasteiger partial charge in [0.1, 0.15) is 11.5 Å². The number of rotatable bonds is 4. The molecule has 1 N–H and O–H groups in total. The first kappa shape index (κ1) is 14.1. The van der Waals surface area contributed by atoms with Crippen molar-refractivity contribution in [3.8, 4) is 0 Å². The molecule has 3 heterocycles. The van der Waals surface area contributed by atoms with Crippen LogP contribution in [0.15, 0.2) is 10.5 Å². The van der Waals surface area contributed by atoms with Crippen molar-refractivity contribution in [2.75, 3.05) is 33.2 Å². The van der Waals surface area contributed by atoms with E-state index in [4.69, 9.17) is 4.42 Å². The highest BCUT2D eigenvalue weighted by Crippen LogP contribution is 2.23. The molecule has 2 aliphatic heterocycles. The molecule has 1 atom stereocenters. The molecule has 2 fully saturated rings.